The standard InChI is InChI=1S/C16H15F2NO/c1-16(2,11-7-9-12(17)10-8-11)15(20)19-14-6-4-3-5-13(14)18/h3-10H,1-2H3,(H,19,20). The first kappa shape index (κ1) is 14.2. The van der Waals surface area contributed by atoms with E-state index < -0.39 is 11.2 Å². The monoisotopic (exact) mass is 275 g/mol. The molecule has 0 radical (unpaired) electrons. The summed E-state index contributed by atoms with van der Waals surface area (Å²) in [7, 11) is 0. The molecule has 0 saturated heterocycles. The van der Waals surface area contributed by atoms with Crippen molar-refractivity contribution in [3.05, 3.63) is 65.7 Å². The predicted octanol–water partition coefficient (Wildman–Crippen LogP) is 3.88. The second kappa shape index (κ2) is 5.41. The summed E-state index contributed by atoms with van der Waals surface area (Å²) >= 11 is 0. The second-order valence-corrected chi connectivity index (χ2v) is 5.07. The van der Waals surface area contributed by atoms with Gasteiger partial charge in [0.25, 0.3) is 0 Å². The third kappa shape index (κ3) is 2.85. The maximum Gasteiger partial charge on any atom is 0.234 e. The lowest BCUT2D eigenvalue weighted by molar-refractivity contribution is -0.120. The molecule has 104 valence electrons. The lowest BCUT2D eigenvalue weighted by Crippen LogP contribution is -2.35. The molecule has 0 aliphatic heterocycles. The molecule has 4 heteroatoms. The molecule has 0 aromatic heterocycles. The van der Waals surface area contributed by atoms with Gasteiger partial charge < -0.3 is 5.32 Å². The van der Waals surface area contributed by atoms with Crippen molar-refractivity contribution >= 4 is 11.6 Å². The summed E-state index contributed by atoms with van der Waals surface area (Å²) in [5.41, 5.74) is -0.101. The summed E-state index contributed by atoms with van der Waals surface area (Å²) in [6.45, 7) is 3.41. The van der Waals surface area contributed by atoms with E-state index in [0.29, 0.717) is 5.56 Å². The van der Waals surface area contributed by atoms with Crippen LogP contribution in [0.15, 0.2) is 48.5 Å². The number of halogens is 2. The zero-order valence-electron chi connectivity index (χ0n) is 11.3. The number of para-hydroxylation sites is 1. The first-order valence-corrected chi connectivity index (χ1v) is 6.23. The fourth-order valence-electron chi connectivity index (χ4n) is 1.84. The van der Waals surface area contributed by atoms with Gasteiger partial charge in [0.2, 0.25) is 5.91 Å². The van der Waals surface area contributed by atoms with Crippen LogP contribution in [0.1, 0.15) is 19.4 Å². The number of amides is 1. The van der Waals surface area contributed by atoms with Gasteiger partial charge in [0.05, 0.1) is 11.1 Å². The number of nitrogens with one attached hydrogen (secondary N) is 1. The summed E-state index contributed by atoms with van der Waals surface area (Å²) in [5, 5.41) is 2.56. The zero-order chi connectivity index (χ0) is 14.8. The van der Waals surface area contributed by atoms with Crippen LogP contribution >= 0.6 is 0 Å². The Morgan fingerprint density at radius 2 is 1.60 bits per heavy atom. The molecule has 0 spiro atoms. The fraction of sp³-hybridized carbons (Fsp3) is 0.188. The molecular weight excluding hydrogens is 260 g/mol. The maximum absolute atomic E-state index is 13.5. The van der Waals surface area contributed by atoms with Crippen molar-refractivity contribution in [2.24, 2.45) is 0 Å². The molecule has 2 nitrogen and oxygen atoms in total. The van der Waals surface area contributed by atoms with Gasteiger partial charge in [-0.2, -0.15) is 0 Å². The van der Waals surface area contributed by atoms with Gasteiger partial charge in [-0.3, -0.25) is 4.79 Å². The van der Waals surface area contributed by atoms with E-state index in [9.17, 15) is 13.6 Å². The van der Waals surface area contributed by atoms with Gasteiger partial charge in [-0.15, -0.1) is 0 Å². The number of hydrogen-bond donors (Lipinski definition) is 1. The van der Waals surface area contributed by atoms with Crippen molar-refractivity contribution in [1.29, 1.82) is 0 Å². The third-order valence-corrected chi connectivity index (χ3v) is 3.26. The maximum atomic E-state index is 13.5. The van der Waals surface area contributed by atoms with Crippen LogP contribution in [-0.2, 0) is 10.2 Å². The van der Waals surface area contributed by atoms with Gasteiger partial charge in [0, 0.05) is 0 Å². The van der Waals surface area contributed by atoms with Crippen molar-refractivity contribution in [2.45, 2.75) is 19.3 Å². The minimum atomic E-state index is -0.893. The molecule has 0 heterocycles. The Labute approximate surface area is 116 Å². The van der Waals surface area contributed by atoms with E-state index in [4.69, 9.17) is 0 Å². The van der Waals surface area contributed by atoms with E-state index >= 15 is 0 Å². The van der Waals surface area contributed by atoms with Crippen LogP contribution in [0.3, 0.4) is 0 Å². The number of hydrogen-bond acceptors (Lipinski definition) is 1. The SMILES string of the molecule is CC(C)(C(=O)Nc1ccccc1F)c1ccc(F)cc1. The van der Waals surface area contributed by atoms with Crippen molar-refractivity contribution in [3.63, 3.8) is 0 Å². The van der Waals surface area contributed by atoms with E-state index in [0.717, 1.165) is 0 Å². The molecule has 0 unspecified atom stereocenters. The molecule has 2 aromatic rings. The van der Waals surface area contributed by atoms with Gasteiger partial charge in [-0.1, -0.05) is 24.3 Å². The van der Waals surface area contributed by atoms with Gasteiger partial charge in [0.15, 0.2) is 0 Å². The molecule has 0 fully saturated rings. The first-order chi connectivity index (χ1) is 9.41. The highest BCUT2D eigenvalue weighted by molar-refractivity contribution is 5.98. The number of carbonyl (C=O) groups is 1. The minimum absolute atomic E-state index is 0.132. The molecule has 2 rings (SSSR count). The van der Waals surface area contributed by atoms with E-state index in [1.54, 1.807) is 38.1 Å². The van der Waals surface area contributed by atoms with Gasteiger partial charge in [-0.05, 0) is 43.7 Å². The van der Waals surface area contributed by atoms with Crippen molar-refractivity contribution < 1.29 is 13.6 Å². The molecule has 1 N–H and O–H groups in total. The van der Waals surface area contributed by atoms with Crippen LogP contribution in [-0.4, -0.2) is 5.91 Å². The quantitative estimate of drug-likeness (QED) is 0.905. The summed E-state index contributed by atoms with van der Waals surface area (Å²) < 4.78 is 26.5. The average Bonchev–Trinajstić information content (AvgIpc) is 2.41. The molecule has 0 bridgehead atoms. The molecular formula is C16H15F2NO. The van der Waals surface area contributed by atoms with E-state index in [1.165, 1.54) is 24.3 Å². The summed E-state index contributed by atoms with van der Waals surface area (Å²) in [6, 6.07) is 11.7. The number of carbonyl (C=O) groups excluding carboxylic acids is 1. The van der Waals surface area contributed by atoms with Gasteiger partial charge in [-0.25, -0.2) is 8.78 Å². The number of anilines is 1. The van der Waals surface area contributed by atoms with Gasteiger partial charge in [0.1, 0.15) is 11.6 Å². The Balaban J connectivity index is 2.23. The number of benzene rings is 2. The molecule has 0 saturated carbocycles. The van der Waals surface area contributed by atoms with Crippen LogP contribution < -0.4 is 5.32 Å². The fourth-order valence-corrected chi connectivity index (χ4v) is 1.84. The average molecular weight is 275 g/mol. The number of rotatable bonds is 3. The van der Waals surface area contributed by atoms with Crippen LogP contribution in [0.4, 0.5) is 14.5 Å². The van der Waals surface area contributed by atoms with Crippen LogP contribution in [0.25, 0.3) is 0 Å². The third-order valence-electron chi connectivity index (χ3n) is 3.26. The van der Waals surface area contributed by atoms with E-state index in [-0.39, 0.29) is 17.4 Å². The predicted molar refractivity (Wildman–Crippen MR) is 74.5 cm³/mol. The highest BCUT2D eigenvalue weighted by Crippen LogP contribution is 2.26. The molecule has 2 aromatic carbocycles. The Morgan fingerprint density at radius 3 is 2.20 bits per heavy atom. The van der Waals surface area contributed by atoms with Gasteiger partial charge >= 0.3 is 0 Å². The summed E-state index contributed by atoms with van der Waals surface area (Å²) in [5.74, 6) is -1.20. The smallest absolute Gasteiger partial charge is 0.234 e. The van der Waals surface area contributed by atoms with Crippen molar-refractivity contribution in [1.82, 2.24) is 0 Å². The topological polar surface area (TPSA) is 29.1 Å². The lowest BCUT2D eigenvalue weighted by atomic mass is 9.83. The molecule has 0 atom stereocenters. The second-order valence-electron chi connectivity index (χ2n) is 5.07. The summed E-state index contributed by atoms with van der Waals surface area (Å²) in [6.07, 6.45) is 0. The molecule has 20 heavy (non-hydrogen) atoms. The first-order valence-electron chi connectivity index (χ1n) is 6.23. The van der Waals surface area contributed by atoms with Crippen molar-refractivity contribution in [3.8, 4) is 0 Å². The Hall–Kier alpha value is -2.23. The molecule has 0 aliphatic rings. The molecule has 1 amide bonds. The van der Waals surface area contributed by atoms with Crippen LogP contribution in [0.2, 0.25) is 0 Å². The highest BCUT2D eigenvalue weighted by Gasteiger charge is 2.30. The van der Waals surface area contributed by atoms with E-state index in [1.807, 2.05) is 0 Å². The molecule has 0 aliphatic carbocycles. The van der Waals surface area contributed by atoms with Crippen LogP contribution in [0, 0.1) is 11.6 Å². The normalized spacial score (nSPS) is 11.2. The Kier molecular flexibility index (Phi) is 3.84. The Bertz CT molecular complexity index is 621. The zero-order valence-corrected chi connectivity index (χ0v) is 11.3. The van der Waals surface area contributed by atoms with Crippen molar-refractivity contribution in [2.75, 3.05) is 5.32 Å². The largest absolute Gasteiger partial charge is 0.323 e. The summed E-state index contributed by atoms with van der Waals surface area (Å²) in [4.78, 5) is 12.3. The van der Waals surface area contributed by atoms with Crippen LogP contribution in [0.5, 0.6) is 0 Å². The Morgan fingerprint density at radius 1 is 1.00 bits per heavy atom. The van der Waals surface area contributed by atoms with E-state index in [2.05, 4.69) is 5.32 Å². The lowest BCUT2D eigenvalue weighted by Gasteiger charge is -2.24. The minimum Gasteiger partial charge on any atom is -0.323 e. The highest BCUT2D eigenvalue weighted by atomic mass is 19.1.